The number of hydrogen-bond donors (Lipinski definition) is 4. The Balaban J connectivity index is 0.849. The van der Waals surface area contributed by atoms with Gasteiger partial charge < -0.3 is 44.1 Å². The molecule has 0 saturated heterocycles. The van der Waals surface area contributed by atoms with Gasteiger partial charge in [0.2, 0.25) is 0 Å². The number of para-hydroxylation sites is 1. The van der Waals surface area contributed by atoms with E-state index >= 15 is 0 Å². The molecule has 0 aliphatic heterocycles. The number of aliphatic hydroxyl groups excluding tert-OH is 2. The lowest BCUT2D eigenvalue weighted by atomic mass is 9.83. The molecule has 2 fully saturated rings. The van der Waals surface area contributed by atoms with Crippen LogP contribution < -0.4 is 23.7 Å². The molecule has 61 heavy (non-hydrogen) atoms. The SMILES string of the molecule is CC(Oc1cccc(OC2CC(COc3cccc([C@H](O)[C@H](C)C(=O)O)c3)C2)c1)c1ccc(-c2ccccc2OC2CC(COc3cccc([C@H](O)[C@H](C)C(=O)O)c3)C2)cc1. The van der Waals surface area contributed by atoms with E-state index in [1.165, 1.54) is 13.8 Å². The van der Waals surface area contributed by atoms with E-state index in [9.17, 15) is 30.0 Å². The molecule has 0 radical (unpaired) electrons. The Kier molecular flexibility index (Phi) is 13.8. The van der Waals surface area contributed by atoms with E-state index in [2.05, 4.69) is 30.3 Å². The van der Waals surface area contributed by atoms with Gasteiger partial charge in [-0.25, -0.2) is 0 Å². The Morgan fingerprint density at radius 2 is 1.05 bits per heavy atom. The fourth-order valence-electron chi connectivity index (χ4n) is 7.67. The summed E-state index contributed by atoms with van der Waals surface area (Å²) >= 11 is 0. The standard InChI is InChI=1S/C50H54O11/c1-30(49(53)54)47(51)37-9-6-11-39(25-37)57-28-33-21-43(22-33)60-42-14-8-13-41(27-42)59-32(3)35-17-19-36(20-18-35)45-15-4-5-16-46(45)61-44-23-34(24-44)29-58-40-12-7-10-38(26-40)48(52)31(2)50(55)56/h4-20,25-27,30-34,43-44,47-48,51-52H,21-24,28-29H2,1-3H3,(H,53,54)(H,55,56)/t30-,31-,32?,33?,34?,43?,44?,47+,48+/m0/s1. The first-order valence-corrected chi connectivity index (χ1v) is 21.0. The van der Waals surface area contributed by atoms with Crippen molar-refractivity contribution in [1.82, 2.24) is 0 Å². The van der Waals surface area contributed by atoms with Crippen LogP contribution in [-0.2, 0) is 9.59 Å². The van der Waals surface area contributed by atoms with E-state index in [0.717, 1.165) is 53.9 Å². The minimum absolute atomic E-state index is 0.0679. The minimum Gasteiger partial charge on any atom is -0.493 e. The predicted octanol–water partition coefficient (Wildman–Crippen LogP) is 9.47. The van der Waals surface area contributed by atoms with Crippen LogP contribution in [0.25, 0.3) is 11.1 Å². The second-order valence-electron chi connectivity index (χ2n) is 16.4. The number of carboxylic acids is 2. The third kappa shape index (κ3) is 11.0. The minimum atomic E-state index is -1.11. The largest absolute Gasteiger partial charge is 0.493 e. The highest BCUT2D eigenvalue weighted by Crippen LogP contribution is 2.38. The van der Waals surface area contributed by atoms with Gasteiger partial charge in [0.1, 0.15) is 34.9 Å². The molecular formula is C50H54O11. The summed E-state index contributed by atoms with van der Waals surface area (Å²) in [6.45, 7) is 6.01. The fourth-order valence-corrected chi connectivity index (χ4v) is 7.67. The summed E-state index contributed by atoms with van der Waals surface area (Å²) in [5.41, 5.74) is 4.12. The Morgan fingerprint density at radius 1 is 0.557 bits per heavy atom. The van der Waals surface area contributed by atoms with Gasteiger partial charge in [-0.1, -0.05) is 72.8 Å². The van der Waals surface area contributed by atoms with E-state index in [4.69, 9.17) is 23.7 Å². The molecule has 0 bridgehead atoms. The van der Waals surface area contributed by atoms with Crippen LogP contribution in [-0.4, -0.2) is 57.8 Å². The average molecular weight is 831 g/mol. The zero-order chi connectivity index (χ0) is 43.0. The summed E-state index contributed by atoms with van der Waals surface area (Å²) in [5.74, 6) is 0.203. The Hall–Kier alpha value is -6.04. The van der Waals surface area contributed by atoms with E-state index in [1.54, 1.807) is 36.4 Å². The van der Waals surface area contributed by atoms with Gasteiger partial charge in [0, 0.05) is 11.6 Å². The molecule has 2 saturated carbocycles. The van der Waals surface area contributed by atoms with Crippen LogP contribution in [0.2, 0.25) is 0 Å². The van der Waals surface area contributed by atoms with E-state index in [0.29, 0.717) is 53.4 Å². The molecule has 320 valence electrons. The normalized spacial score (nSPS) is 20.7. The van der Waals surface area contributed by atoms with Crippen LogP contribution >= 0.6 is 0 Å². The summed E-state index contributed by atoms with van der Waals surface area (Å²) in [6, 6.07) is 38.1. The number of rotatable bonds is 20. The number of hydrogen-bond acceptors (Lipinski definition) is 9. The highest BCUT2D eigenvalue weighted by molar-refractivity contribution is 5.71. The second-order valence-corrected chi connectivity index (χ2v) is 16.4. The molecule has 0 aromatic heterocycles. The molecule has 0 spiro atoms. The van der Waals surface area contributed by atoms with Gasteiger partial charge in [-0.05, 0) is 123 Å². The second kappa shape index (κ2) is 19.6. The lowest BCUT2D eigenvalue weighted by Gasteiger charge is -2.35. The van der Waals surface area contributed by atoms with Crippen molar-refractivity contribution < 1.29 is 53.7 Å². The lowest BCUT2D eigenvalue weighted by molar-refractivity contribution is -0.146. The van der Waals surface area contributed by atoms with Gasteiger partial charge in [0.25, 0.3) is 0 Å². The van der Waals surface area contributed by atoms with Crippen molar-refractivity contribution in [3.63, 3.8) is 0 Å². The maximum atomic E-state index is 11.3. The molecular weight excluding hydrogens is 777 g/mol. The monoisotopic (exact) mass is 830 g/mol. The van der Waals surface area contributed by atoms with E-state index in [-0.39, 0.29) is 18.3 Å². The van der Waals surface area contributed by atoms with E-state index < -0.39 is 36.0 Å². The molecule has 11 heteroatoms. The van der Waals surface area contributed by atoms with Gasteiger partial charge in [0.15, 0.2) is 0 Å². The van der Waals surface area contributed by atoms with Crippen molar-refractivity contribution in [1.29, 1.82) is 0 Å². The Bertz CT molecular complexity index is 2240. The summed E-state index contributed by atoms with van der Waals surface area (Å²) in [4.78, 5) is 22.6. The van der Waals surface area contributed by atoms with E-state index in [1.807, 2.05) is 61.5 Å². The van der Waals surface area contributed by atoms with Gasteiger partial charge in [-0.15, -0.1) is 0 Å². The first-order valence-electron chi connectivity index (χ1n) is 21.0. The van der Waals surface area contributed by atoms with Crippen molar-refractivity contribution in [2.24, 2.45) is 23.7 Å². The molecule has 5 aromatic rings. The topological polar surface area (TPSA) is 161 Å². The van der Waals surface area contributed by atoms with Crippen LogP contribution in [0.1, 0.15) is 81.5 Å². The summed E-state index contributed by atoms with van der Waals surface area (Å²) in [6.07, 6.45) is 1.11. The van der Waals surface area contributed by atoms with Crippen molar-refractivity contribution in [3.05, 3.63) is 138 Å². The third-order valence-electron chi connectivity index (χ3n) is 11.8. The fraction of sp³-hybridized carbons (Fsp3) is 0.360. The van der Waals surface area contributed by atoms with Gasteiger partial charge in [-0.3, -0.25) is 9.59 Å². The van der Waals surface area contributed by atoms with Crippen LogP contribution in [0.15, 0.2) is 121 Å². The molecule has 2 aliphatic carbocycles. The number of aliphatic hydroxyl groups is 2. The van der Waals surface area contributed by atoms with Gasteiger partial charge in [-0.2, -0.15) is 0 Å². The zero-order valence-electron chi connectivity index (χ0n) is 34.6. The highest BCUT2D eigenvalue weighted by atomic mass is 16.5. The zero-order valence-corrected chi connectivity index (χ0v) is 34.6. The molecule has 1 unspecified atom stereocenters. The van der Waals surface area contributed by atoms with Crippen molar-refractivity contribution in [2.45, 2.75) is 77.0 Å². The van der Waals surface area contributed by atoms with Crippen LogP contribution in [0, 0.1) is 23.7 Å². The molecule has 0 heterocycles. The molecule has 0 amide bonds. The smallest absolute Gasteiger partial charge is 0.309 e. The number of aliphatic carboxylic acids is 2. The third-order valence-corrected chi connectivity index (χ3v) is 11.8. The van der Waals surface area contributed by atoms with Crippen molar-refractivity contribution in [3.8, 4) is 39.9 Å². The number of carbonyl (C=O) groups is 2. The van der Waals surface area contributed by atoms with Crippen molar-refractivity contribution >= 4 is 11.9 Å². The number of carboxylic acid groups (broad SMARTS) is 2. The molecule has 5 atom stereocenters. The summed E-state index contributed by atoms with van der Waals surface area (Å²) in [5, 5.41) is 39.3. The van der Waals surface area contributed by atoms with Gasteiger partial charge >= 0.3 is 11.9 Å². The molecule has 5 aromatic carbocycles. The first kappa shape index (κ1) is 43.1. The maximum Gasteiger partial charge on any atom is 0.309 e. The quantitative estimate of drug-likeness (QED) is 0.0592. The number of ether oxygens (including phenoxy) is 5. The highest BCUT2D eigenvalue weighted by Gasteiger charge is 2.33. The van der Waals surface area contributed by atoms with Crippen LogP contribution in [0.3, 0.4) is 0 Å². The molecule has 2 aliphatic rings. The Morgan fingerprint density at radius 3 is 1.61 bits per heavy atom. The lowest BCUT2D eigenvalue weighted by Crippen LogP contribution is -2.37. The van der Waals surface area contributed by atoms with Gasteiger partial charge in [0.05, 0.1) is 49.5 Å². The summed E-state index contributed by atoms with van der Waals surface area (Å²) in [7, 11) is 0. The molecule has 11 nitrogen and oxygen atoms in total. The van der Waals surface area contributed by atoms with Crippen LogP contribution in [0.5, 0.6) is 28.7 Å². The summed E-state index contributed by atoms with van der Waals surface area (Å²) < 4.78 is 31.1. The first-order chi connectivity index (χ1) is 29.4. The number of benzene rings is 5. The molecule has 7 rings (SSSR count). The van der Waals surface area contributed by atoms with Crippen LogP contribution in [0.4, 0.5) is 0 Å². The predicted molar refractivity (Wildman–Crippen MR) is 229 cm³/mol. The average Bonchev–Trinajstić information content (AvgIpc) is 3.24. The Labute approximate surface area is 356 Å². The maximum absolute atomic E-state index is 11.3. The molecule has 4 N–H and O–H groups in total. The van der Waals surface area contributed by atoms with Crippen molar-refractivity contribution in [2.75, 3.05) is 13.2 Å².